The van der Waals surface area contributed by atoms with Gasteiger partial charge in [0.05, 0.1) is 0 Å². The van der Waals surface area contributed by atoms with E-state index in [4.69, 9.17) is 27.9 Å². The van der Waals surface area contributed by atoms with Crippen molar-refractivity contribution in [2.24, 2.45) is 5.16 Å². The highest BCUT2D eigenvalue weighted by molar-refractivity contribution is 6.43. The van der Waals surface area contributed by atoms with E-state index < -0.39 is 5.97 Å². The first-order chi connectivity index (χ1) is 20.1. The Morgan fingerprint density at radius 2 is 1.17 bits per heavy atom. The third-order valence-electron chi connectivity index (χ3n) is 5.94. The highest BCUT2D eigenvalue weighted by Gasteiger charge is 2.18. The predicted molar refractivity (Wildman–Crippen MR) is 149 cm³/mol. The molecular weight excluding hydrogens is 526 g/mol. The summed E-state index contributed by atoms with van der Waals surface area (Å²) in [5, 5.41) is 3.87. The van der Waals surface area contributed by atoms with E-state index in [-0.39, 0.29) is 18.9 Å². The molecule has 2 heterocycles. The van der Waals surface area contributed by atoms with Gasteiger partial charge in [-0.15, -0.1) is 0 Å². The van der Waals surface area contributed by atoms with Crippen molar-refractivity contribution in [2.45, 2.75) is 13.2 Å². The SMILES string of the molecule is CON=C(C(=O)Oc1ccc(OCc2nc3ccccc3o2)cc1)c1ccc(OCc2nc3ccccc3o2)cc1. The molecular formula is C31H23N3O7. The van der Waals surface area contributed by atoms with Crippen LogP contribution in [0.1, 0.15) is 17.3 Å². The van der Waals surface area contributed by atoms with Crippen LogP contribution in [0.3, 0.4) is 0 Å². The predicted octanol–water partition coefficient (Wildman–Crippen LogP) is 6.08. The van der Waals surface area contributed by atoms with Crippen molar-refractivity contribution >= 4 is 33.9 Å². The first-order valence-corrected chi connectivity index (χ1v) is 12.6. The lowest BCUT2D eigenvalue weighted by Gasteiger charge is -2.09. The highest BCUT2D eigenvalue weighted by atomic mass is 16.6. The standard InChI is InChI=1S/C31H23N3O7/c1-36-34-30(20-10-12-21(13-11-20)37-18-28-32-24-6-2-4-8-26(24)40-28)31(35)39-23-16-14-22(15-17-23)38-19-29-33-25-7-3-5-9-27(25)41-29/h2-17H,18-19H2,1H3. The molecule has 10 heteroatoms. The van der Waals surface area contributed by atoms with Gasteiger partial charge in [-0.2, -0.15) is 0 Å². The maximum absolute atomic E-state index is 12.9. The topological polar surface area (TPSA) is 118 Å². The average Bonchev–Trinajstić information content (AvgIpc) is 3.62. The number of aromatic nitrogens is 2. The van der Waals surface area contributed by atoms with E-state index in [1.54, 1.807) is 48.5 Å². The summed E-state index contributed by atoms with van der Waals surface area (Å²) in [6.07, 6.45) is 0. The number of ether oxygens (including phenoxy) is 3. The molecule has 4 aromatic carbocycles. The molecule has 0 radical (unpaired) electrons. The number of carbonyl (C=O) groups excluding carboxylic acids is 1. The van der Waals surface area contributed by atoms with E-state index in [2.05, 4.69) is 15.1 Å². The quantitative estimate of drug-likeness (QED) is 0.0866. The third kappa shape index (κ3) is 6.01. The van der Waals surface area contributed by atoms with E-state index in [0.717, 1.165) is 11.0 Å². The summed E-state index contributed by atoms with van der Waals surface area (Å²) < 4.78 is 28.4. The number of carbonyl (C=O) groups is 1. The van der Waals surface area contributed by atoms with Gasteiger partial charge in [-0.05, 0) is 72.8 Å². The second-order valence-corrected chi connectivity index (χ2v) is 8.74. The van der Waals surface area contributed by atoms with Crippen LogP contribution in [0.25, 0.3) is 22.2 Å². The summed E-state index contributed by atoms with van der Waals surface area (Å²) in [4.78, 5) is 26.6. The Morgan fingerprint density at radius 3 is 1.68 bits per heavy atom. The first kappa shape index (κ1) is 25.6. The Balaban J connectivity index is 1.05. The van der Waals surface area contributed by atoms with Gasteiger partial charge in [-0.25, -0.2) is 14.8 Å². The molecule has 0 spiro atoms. The van der Waals surface area contributed by atoms with Gasteiger partial charge in [0.25, 0.3) is 0 Å². The summed E-state index contributed by atoms with van der Waals surface area (Å²) >= 11 is 0. The van der Waals surface area contributed by atoms with Crippen molar-refractivity contribution in [3.8, 4) is 17.2 Å². The minimum absolute atomic E-state index is 0.00529. The Labute approximate surface area is 233 Å². The third-order valence-corrected chi connectivity index (χ3v) is 5.94. The van der Waals surface area contributed by atoms with Gasteiger partial charge < -0.3 is 27.9 Å². The number of fused-ring (bicyclic) bond motifs is 2. The van der Waals surface area contributed by atoms with Crippen molar-refractivity contribution in [3.63, 3.8) is 0 Å². The molecule has 204 valence electrons. The summed E-state index contributed by atoms with van der Waals surface area (Å²) in [6, 6.07) is 28.4. The molecule has 0 bridgehead atoms. The number of benzene rings is 4. The lowest BCUT2D eigenvalue weighted by molar-refractivity contribution is -0.127. The van der Waals surface area contributed by atoms with E-state index in [9.17, 15) is 4.79 Å². The molecule has 0 saturated heterocycles. The van der Waals surface area contributed by atoms with Gasteiger partial charge in [-0.3, -0.25) is 0 Å². The van der Waals surface area contributed by atoms with Crippen molar-refractivity contribution < 1.29 is 32.7 Å². The molecule has 0 saturated carbocycles. The number of oxazole rings is 2. The molecule has 0 aliphatic rings. The lowest BCUT2D eigenvalue weighted by Crippen LogP contribution is -2.22. The van der Waals surface area contributed by atoms with Crippen molar-refractivity contribution in [1.29, 1.82) is 0 Å². The molecule has 0 fully saturated rings. The van der Waals surface area contributed by atoms with Crippen molar-refractivity contribution in [3.05, 3.63) is 114 Å². The molecule has 6 aromatic rings. The maximum atomic E-state index is 12.9. The van der Waals surface area contributed by atoms with Crippen molar-refractivity contribution in [1.82, 2.24) is 9.97 Å². The van der Waals surface area contributed by atoms with Gasteiger partial charge >= 0.3 is 5.97 Å². The number of oxime groups is 1. The zero-order valence-corrected chi connectivity index (χ0v) is 21.9. The number of rotatable bonds is 10. The molecule has 41 heavy (non-hydrogen) atoms. The summed E-state index contributed by atoms with van der Waals surface area (Å²) in [6.45, 7) is 0.316. The smallest absolute Gasteiger partial charge is 0.366 e. The van der Waals surface area contributed by atoms with Crippen LogP contribution in [0.15, 0.2) is 111 Å². The fraction of sp³-hybridized carbons (Fsp3) is 0.0968. The zero-order valence-electron chi connectivity index (χ0n) is 21.9. The number of hydrogen-bond acceptors (Lipinski definition) is 10. The molecule has 6 rings (SSSR count). The number of esters is 1. The van der Waals surface area contributed by atoms with Crippen LogP contribution in [-0.2, 0) is 22.8 Å². The van der Waals surface area contributed by atoms with E-state index in [1.807, 2.05) is 48.5 Å². The molecule has 0 N–H and O–H groups in total. The molecule has 0 aliphatic heterocycles. The lowest BCUT2D eigenvalue weighted by atomic mass is 10.1. The molecule has 0 atom stereocenters. The first-order valence-electron chi connectivity index (χ1n) is 12.6. The number of para-hydroxylation sites is 4. The van der Waals surface area contributed by atoms with E-state index >= 15 is 0 Å². The zero-order chi connectivity index (χ0) is 28.0. The number of hydrogen-bond donors (Lipinski definition) is 0. The van der Waals surface area contributed by atoms with Gasteiger partial charge in [0.2, 0.25) is 11.8 Å². The molecule has 0 amide bonds. The van der Waals surface area contributed by atoms with E-state index in [1.165, 1.54) is 7.11 Å². The molecule has 0 unspecified atom stereocenters. The van der Waals surface area contributed by atoms with Gasteiger partial charge in [0, 0.05) is 5.56 Å². The Kier molecular flexibility index (Phi) is 7.26. The van der Waals surface area contributed by atoms with Crippen LogP contribution in [0, 0.1) is 0 Å². The van der Waals surface area contributed by atoms with Crippen molar-refractivity contribution in [2.75, 3.05) is 7.11 Å². The normalized spacial score (nSPS) is 11.5. The average molecular weight is 550 g/mol. The van der Waals surface area contributed by atoms with E-state index in [0.29, 0.717) is 45.8 Å². The second-order valence-electron chi connectivity index (χ2n) is 8.74. The Bertz CT molecular complexity index is 1760. The van der Waals surface area contributed by atoms with Crippen LogP contribution in [0.2, 0.25) is 0 Å². The summed E-state index contributed by atoms with van der Waals surface area (Å²) in [5.74, 6) is 1.67. The second kappa shape index (κ2) is 11.6. The van der Waals surface area contributed by atoms with Crippen LogP contribution in [-0.4, -0.2) is 28.8 Å². The monoisotopic (exact) mass is 549 g/mol. The fourth-order valence-electron chi connectivity index (χ4n) is 4.02. The summed E-state index contributed by atoms with van der Waals surface area (Å²) in [5.41, 5.74) is 3.41. The Hall–Kier alpha value is -5.64. The van der Waals surface area contributed by atoms with Gasteiger partial charge in [0.15, 0.2) is 30.1 Å². The highest BCUT2D eigenvalue weighted by Crippen LogP contribution is 2.22. The van der Waals surface area contributed by atoms with Gasteiger partial charge in [-0.1, -0.05) is 29.4 Å². The van der Waals surface area contributed by atoms with Crippen LogP contribution in [0.4, 0.5) is 0 Å². The molecule has 0 aliphatic carbocycles. The fourth-order valence-corrected chi connectivity index (χ4v) is 4.02. The van der Waals surface area contributed by atoms with Crippen LogP contribution in [0.5, 0.6) is 17.2 Å². The minimum atomic E-state index is -0.688. The maximum Gasteiger partial charge on any atom is 0.366 e. The molecule has 10 nitrogen and oxygen atoms in total. The largest absolute Gasteiger partial charge is 0.484 e. The van der Waals surface area contributed by atoms with Gasteiger partial charge in [0.1, 0.15) is 35.4 Å². The van der Waals surface area contributed by atoms with Crippen LogP contribution >= 0.6 is 0 Å². The summed E-state index contributed by atoms with van der Waals surface area (Å²) in [7, 11) is 1.36. The Morgan fingerprint density at radius 1 is 0.683 bits per heavy atom. The molecule has 2 aromatic heterocycles. The minimum Gasteiger partial charge on any atom is -0.484 e. The number of nitrogens with zero attached hydrogens (tertiary/aromatic N) is 3. The van der Waals surface area contributed by atoms with Crippen LogP contribution < -0.4 is 14.2 Å².